The molecule has 2 aromatic carbocycles. The van der Waals surface area contributed by atoms with Crippen molar-refractivity contribution in [2.75, 3.05) is 12.4 Å². The second kappa shape index (κ2) is 7.49. The number of nitrogens with zero attached hydrogens (tertiary/aromatic N) is 1. The van der Waals surface area contributed by atoms with Crippen LogP contribution in [-0.4, -0.2) is 23.0 Å². The molecule has 0 unspecified atom stereocenters. The SMILES string of the molecule is COC(=O)CCc1ccc2nc(CNc3ccccc3Br)[nH]c2c1. The van der Waals surface area contributed by atoms with Gasteiger partial charge in [-0.05, 0) is 52.2 Å². The van der Waals surface area contributed by atoms with Gasteiger partial charge in [0.15, 0.2) is 0 Å². The summed E-state index contributed by atoms with van der Waals surface area (Å²) in [5.41, 5.74) is 4.00. The van der Waals surface area contributed by atoms with Gasteiger partial charge in [0.05, 0.1) is 24.7 Å². The van der Waals surface area contributed by atoms with Gasteiger partial charge in [-0.1, -0.05) is 18.2 Å². The van der Waals surface area contributed by atoms with Gasteiger partial charge in [-0.25, -0.2) is 4.98 Å². The molecule has 0 saturated heterocycles. The van der Waals surface area contributed by atoms with Gasteiger partial charge >= 0.3 is 5.97 Å². The highest BCUT2D eigenvalue weighted by Crippen LogP contribution is 2.22. The van der Waals surface area contributed by atoms with Crippen LogP contribution < -0.4 is 5.32 Å². The maximum Gasteiger partial charge on any atom is 0.305 e. The number of H-pyrrole nitrogens is 1. The summed E-state index contributed by atoms with van der Waals surface area (Å²) in [5, 5.41) is 3.35. The van der Waals surface area contributed by atoms with Crippen molar-refractivity contribution in [1.82, 2.24) is 9.97 Å². The predicted octanol–water partition coefficient (Wildman–Crippen LogP) is 4.04. The topological polar surface area (TPSA) is 67.0 Å². The van der Waals surface area contributed by atoms with Crippen LogP contribution in [-0.2, 0) is 22.5 Å². The lowest BCUT2D eigenvalue weighted by Gasteiger charge is -2.05. The van der Waals surface area contributed by atoms with Crippen LogP contribution in [0.5, 0.6) is 0 Å². The fourth-order valence-corrected chi connectivity index (χ4v) is 2.91. The molecule has 2 N–H and O–H groups in total. The van der Waals surface area contributed by atoms with Gasteiger partial charge in [0.1, 0.15) is 5.82 Å². The number of ether oxygens (including phenoxy) is 1. The van der Waals surface area contributed by atoms with Crippen molar-refractivity contribution in [3.05, 3.63) is 58.3 Å². The molecule has 5 nitrogen and oxygen atoms in total. The molecule has 6 heteroatoms. The standard InChI is InChI=1S/C18H18BrN3O2/c1-24-18(23)9-7-12-6-8-15-16(10-12)22-17(21-15)11-20-14-5-3-2-4-13(14)19/h2-6,8,10,20H,7,9,11H2,1H3,(H,21,22). The Labute approximate surface area is 148 Å². The number of rotatable bonds is 6. The molecule has 0 fully saturated rings. The lowest BCUT2D eigenvalue weighted by molar-refractivity contribution is -0.140. The Bertz CT molecular complexity index is 860. The van der Waals surface area contributed by atoms with E-state index in [-0.39, 0.29) is 5.97 Å². The third-order valence-electron chi connectivity index (χ3n) is 3.76. The molecule has 1 heterocycles. The van der Waals surface area contributed by atoms with Crippen LogP contribution in [0.3, 0.4) is 0 Å². The maximum absolute atomic E-state index is 11.2. The third kappa shape index (κ3) is 3.94. The number of esters is 1. The van der Waals surface area contributed by atoms with E-state index >= 15 is 0 Å². The van der Waals surface area contributed by atoms with Crippen molar-refractivity contribution in [1.29, 1.82) is 0 Å². The van der Waals surface area contributed by atoms with Crippen LogP contribution in [0.25, 0.3) is 11.0 Å². The van der Waals surface area contributed by atoms with Crippen molar-refractivity contribution in [2.24, 2.45) is 0 Å². The number of benzene rings is 2. The van der Waals surface area contributed by atoms with Crippen LogP contribution in [0.2, 0.25) is 0 Å². The number of halogens is 1. The van der Waals surface area contributed by atoms with E-state index in [1.54, 1.807) is 0 Å². The minimum Gasteiger partial charge on any atom is -0.469 e. The predicted molar refractivity (Wildman–Crippen MR) is 97.9 cm³/mol. The van der Waals surface area contributed by atoms with Gasteiger partial charge < -0.3 is 15.0 Å². The number of carbonyl (C=O) groups is 1. The van der Waals surface area contributed by atoms with Gasteiger partial charge in [-0.3, -0.25) is 4.79 Å². The van der Waals surface area contributed by atoms with E-state index in [0.717, 1.165) is 32.6 Å². The molecule has 0 atom stereocenters. The first-order valence-corrected chi connectivity index (χ1v) is 8.48. The molecule has 24 heavy (non-hydrogen) atoms. The van der Waals surface area contributed by atoms with E-state index in [1.165, 1.54) is 7.11 Å². The fraction of sp³-hybridized carbons (Fsp3) is 0.222. The number of para-hydroxylation sites is 1. The quantitative estimate of drug-likeness (QED) is 0.626. The summed E-state index contributed by atoms with van der Waals surface area (Å²) >= 11 is 3.52. The summed E-state index contributed by atoms with van der Waals surface area (Å²) in [6, 6.07) is 14.0. The van der Waals surface area contributed by atoms with E-state index < -0.39 is 0 Å². The van der Waals surface area contributed by atoms with E-state index in [1.807, 2.05) is 42.5 Å². The first-order chi connectivity index (χ1) is 11.7. The third-order valence-corrected chi connectivity index (χ3v) is 4.45. The minimum atomic E-state index is -0.196. The molecular weight excluding hydrogens is 370 g/mol. The van der Waals surface area contributed by atoms with Crippen LogP contribution in [0, 0.1) is 0 Å². The first-order valence-electron chi connectivity index (χ1n) is 7.68. The maximum atomic E-state index is 11.2. The molecule has 0 amide bonds. The molecule has 0 saturated carbocycles. The molecule has 124 valence electrons. The molecular formula is C18H18BrN3O2. The Balaban J connectivity index is 1.69. The number of carbonyl (C=O) groups excluding carboxylic acids is 1. The molecule has 1 aromatic heterocycles. The van der Waals surface area contributed by atoms with Crippen LogP contribution >= 0.6 is 15.9 Å². The zero-order valence-corrected chi connectivity index (χ0v) is 14.9. The number of aromatic amines is 1. The largest absolute Gasteiger partial charge is 0.469 e. The lowest BCUT2D eigenvalue weighted by atomic mass is 10.1. The summed E-state index contributed by atoms with van der Waals surface area (Å²) < 4.78 is 5.70. The van der Waals surface area contributed by atoms with Gasteiger partial charge in [0.2, 0.25) is 0 Å². The van der Waals surface area contributed by atoms with Gasteiger partial charge in [0, 0.05) is 16.6 Å². The zero-order chi connectivity index (χ0) is 16.9. The Morgan fingerprint density at radius 2 is 2.12 bits per heavy atom. The number of methoxy groups -OCH3 is 1. The minimum absolute atomic E-state index is 0.196. The highest BCUT2D eigenvalue weighted by atomic mass is 79.9. The van der Waals surface area contributed by atoms with Crippen molar-refractivity contribution in [2.45, 2.75) is 19.4 Å². The van der Waals surface area contributed by atoms with Crippen molar-refractivity contribution in [3.63, 3.8) is 0 Å². The van der Waals surface area contributed by atoms with Crippen LogP contribution in [0.15, 0.2) is 46.9 Å². The Morgan fingerprint density at radius 1 is 1.29 bits per heavy atom. The lowest BCUT2D eigenvalue weighted by Crippen LogP contribution is -2.01. The fourth-order valence-electron chi connectivity index (χ4n) is 2.48. The summed E-state index contributed by atoms with van der Waals surface area (Å²) in [7, 11) is 1.41. The highest BCUT2D eigenvalue weighted by molar-refractivity contribution is 9.10. The van der Waals surface area contributed by atoms with Crippen LogP contribution in [0.1, 0.15) is 17.8 Å². The molecule has 0 spiro atoms. The van der Waals surface area contributed by atoms with Crippen molar-refractivity contribution < 1.29 is 9.53 Å². The van der Waals surface area contributed by atoms with Crippen LogP contribution in [0.4, 0.5) is 5.69 Å². The van der Waals surface area contributed by atoms with Gasteiger partial charge in [0.25, 0.3) is 0 Å². The number of hydrogen-bond acceptors (Lipinski definition) is 4. The molecule has 3 aromatic rings. The molecule has 0 radical (unpaired) electrons. The summed E-state index contributed by atoms with van der Waals surface area (Å²) in [6.45, 7) is 0.606. The zero-order valence-electron chi connectivity index (χ0n) is 13.3. The van der Waals surface area contributed by atoms with E-state index in [2.05, 4.69) is 36.0 Å². The monoisotopic (exact) mass is 387 g/mol. The molecule has 0 aliphatic heterocycles. The van der Waals surface area contributed by atoms with E-state index in [9.17, 15) is 4.79 Å². The Hall–Kier alpha value is -2.34. The number of aromatic nitrogens is 2. The second-order valence-electron chi connectivity index (χ2n) is 5.44. The smallest absolute Gasteiger partial charge is 0.305 e. The number of fused-ring (bicyclic) bond motifs is 1. The number of imidazole rings is 1. The molecule has 3 rings (SSSR count). The number of nitrogens with one attached hydrogen (secondary N) is 2. The van der Waals surface area contributed by atoms with Gasteiger partial charge in [-0.2, -0.15) is 0 Å². The Morgan fingerprint density at radius 3 is 2.92 bits per heavy atom. The Kier molecular flexibility index (Phi) is 5.15. The molecule has 0 aliphatic rings. The second-order valence-corrected chi connectivity index (χ2v) is 6.30. The number of hydrogen-bond donors (Lipinski definition) is 2. The highest BCUT2D eigenvalue weighted by Gasteiger charge is 2.06. The van der Waals surface area contributed by atoms with Crippen molar-refractivity contribution >= 4 is 38.6 Å². The van der Waals surface area contributed by atoms with E-state index in [0.29, 0.717) is 19.4 Å². The molecule has 0 aliphatic carbocycles. The van der Waals surface area contributed by atoms with Crippen molar-refractivity contribution in [3.8, 4) is 0 Å². The first kappa shape index (κ1) is 16.5. The summed E-state index contributed by atoms with van der Waals surface area (Å²) in [6.07, 6.45) is 1.04. The summed E-state index contributed by atoms with van der Waals surface area (Å²) in [4.78, 5) is 19.2. The van der Waals surface area contributed by atoms with Gasteiger partial charge in [-0.15, -0.1) is 0 Å². The average molecular weight is 388 g/mol. The number of aryl methyl sites for hydroxylation is 1. The summed E-state index contributed by atoms with van der Waals surface area (Å²) in [5.74, 6) is 0.670. The molecule has 0 bridgehead atoms. The average Bonchev–Trinajstić information content (AvgIpc) is 3.01. The van der Waals surface area contributed by atoms with E-state index in [4.69, 9.17) is 0 Å². The number of anilines is 1. The normalized spacial score (nSPS) is 10.8.